The van der Waals surface area contributed by atoms with Crippen LogP contribution < -0.4 is 9.47 Å². The van der Waals surface area contributed by atoms with Gasteiger partial charge >= 0.3 is 0 Å². The lowest BCUT2D eigenvalue weighted by Gasteiger charge is -2.25. The number of hydrogen-bond acceptors (Lipinski definition) is 5. The molecule has 24 heavy (non-hydrogen) atoms. The van der Waals surface area contributed by atoms with Gasteiger partial charge in [0.05, 0.1) is 26.4 Å². The molecule has 2 unspecified atom stereocenters. The first-order chi connectivity index (χ1) is 11.6. The zero-order valence-corrected chi connectivity index (χ0v) is 13.7. The summed E-state index contributed by atoms with van der Waals surface area (Å²) in [5, 5.41) is 10.1. The van der Waals surface area contributed by atoms with E-state index in [0.29, 0.717) is 12.0 Å². The first-order valence-electron chi connectivity index (χ1n) is 7.76. The maximum absolute atomic E-state index is 13.0. The number of aliphatic hydroxyl groups is 1. The molecule has 0 aliphatic carbocycles. The van der Waals surface area contributed by atoms with Crippen LogP contribution in [0.3, 0.4) is 0 Å². The SMILES string of the molecule is COc1cccc(C2CC(O)CN2C(=O)c2cccnc2OC)c1. The number of β-amino-alcohol motifs (C(OH)–C–C–N with tert-alkyl or cyclic N) is 1. The van der Waals surface area contributed by atoms with Gasteiger partial charge in [-0.2, -0.15) is 0 Å². The summed E-state index contributed by atoms with van der Waals surface area (Å²) in [4.78, 5) is 18.7. The fourth-order valence-electron chi connectivity index (χ4n) is 3.07. The summed E-state index contributed by atoms with van der Waals surface area (Å²) in [5.74, 6) is 0.804. The molecule has 0 spiro atoms. The number of rotatable bonds is 4. The molecule has 1 aliphatic heterocycles. The Kier molecular flexibility index (Phi) is 4.66. The Morgan fingerprint density at radius 3 is 2.83 bits per heavy atom. The molecule has 1 N–H and O–H groups in total. The Balaban J connectivity index is 1.94. The molecule has 0 saturated carbocycles. The van der Waals surface area contributed by atoms with Gasteiger partial charge in [-0.25, -0.2) is 4.98 Å². The van der Waals surface area contributed by atoms with Crippen molar-refractivity contribution in [2.24, 2.45) is 0 Å². The Morgan fingerprint density at radius 1 is 1.25 bits per heavy atom. The van der Waals surface area contributed by atoms with E-state index in [2.05, 4.69) is 4.98 Å². The Morgan fingerprint density at radius 2 is 2.08 bits per heavy atom. The van der Waals surface area contributed by atoms with Crippen molar-refractivity contribution in [2.75, 3.05) is 20.8 Å². The number of aliphatic hydroxyl groups excluding tert-OH is 1. The van der Waals surface area contributed by atoms with E-state index in [4.69, 9.17) is 9.47 Å². The van der Waals surface area contributed by atoms with Crippen LogP contribution in [0.25, 0.3) is 0 Å². The van der Waals surface area contributed by atoms with Crippen molar-refractivity contribution in [3.8, 4) is 11.6 Å². The predicted molar refractivity (Wildman–Crippen MR) is 88.2 cm³/mol. The highest BCUT2D eigenvalue weighted by Gasteiger charge is 2.36. The molecule has 6 nitrogen and oxygen atoms in total. The van der Waals surface area contributed by atoms with E-state index >= 15 is 0 Å². The van der Waals surface area contributed by atoms with Gasteiger partial charge in [0.1, 0.15) is 11.3 Å². The lowest BCUT2D eigenvalue weighted by Crippen LogP contribution is -2.32. The molecule has 2 heterocycles. The summed E-state index contributed by atoms with van der Waals surface area (Å²) in [6, 6.07) is 10.7. The van der Waals surface area contributed by atoms with Crippen LogP contribution in [0.5, 0.6) is 11.6 Å². The van der Waals surface area contributed by atoms with Crippen LogP contribution in [-0.4, -0.2) is 47.8 Å². The van der Waals surface area contributed by atoms with Gasteiger partial charge in [0.15, 0.2) is 0 Å². The molecule has 1 aliphatic rings. The van der Waals surface area contributed by atoms with Crippen LogP contribution in [-0.2, 0) is 0 Å². The molecule has 0 radical (unpaired) electrons. The highest BCUT2D eigenvalue weighted by atomic mass is 16.5. The van der Waals surface area contributed by atoms with Crippen LogP contribution in [0.1, 0.15) is 28.4 Å². The summed E-state index contributed by atoms with van der Waals surface area (Å²) in [7, 11) is 3.09. The van der Waals surface area contributed by atoms with Crippen LogP contribution in [0.15, 0.2) is 42.6 Å². The third kappa shape index (κ3) is 3.05. The van der Waals surface area contributed by atoms with Crippen LogP contribution >= 0.6 is 0 Å². The van der Waals surface area contributed by atoms with Crippen molar-refractivity contribution in [3.63, 3.8) is 0 Å². The van der Waals surface area contributed by atoms with Gasteiger partial charge in [0, 0.05) is 12.7 Å². The van der Waals surface area contributed by atoms with Gasteiger partial charge in [-0.1, -0.05) is 12.1 Å². The third-order valence-electron chi connectivity index (χ3n) is 4.21. The number of amides is 1. The van der Waals surface area contributed by atoms with E-state index in [1.165, 1.54) is 7.11 Å². The number of ether oxygens (including phenoxy) is 2. The van der Waals surface area contributed by atoms with Crippen LogP contribution in [0.2, 0.25) is 0 Å². The Hall–Kier alpha value is -2.60. The summed E-state index contributed by atoms with van der Waals surface area (Å²) in [6.45, 7) is 0.277. The number of carbonyl (C=O) groups is 1. The average molecular weight is 328 g/mol. The number of benzene rings is 1. The zero-order chi connectivity index (χ0) is 17.1. The minimum atomic E-state index is -0.562. The second-order valence-corrected chi connectivity index (χ2v) is 5.70. The number of likely N-dealkylation sites (tertiary alicyclic amines) is 1. The zero-order valence-electron chi connectivity index (χ0n) is 13.7. The molecule has 0 bridgehead atoms. The van der Waals surface area contributed by atoms with Crippen molar-refractivity contribution in [2.45, 2.75) is 18.6 Å². The normalized spacial score (nSPS) is 20.0. The summed E-state index contributed by atoms with van der Waals surface area (Å²) < 4.78 is 10.5. The number of methoxy groups -OCH3 is 2. The monoisotopic (exact) mass is 328 g/mol. The fourth-order valence-corrected chi connectivity index (χ4v) is 3.07. The van der Waals surface area contributed by atoms with E-state index in [1.807, 2.05) is 24.3 Å². The number of pyridine rings is 1. The van der Waals surface area contributed by atoms with E-state index in [0.717, 1.165) is 11.3 Å². The van der Waals surface area contributed by atoms with Crippen molar-refractivity contribution < 1.29 is 19.4 Å². The van der Waals surface area contributed by atoms with Gasteiger partial charge in [0.25, 0.3) is 5.91 Å². The van der Waals surface area contributed by atoms with Crippen LogP contribution in [0.4, 0.5) is 0 Å². The number of hydrogen-bond donors (Lipinski definition) is 1. The maximum Gasteiger partial charge on any atom is 0.259 e. The van der Waals surface area contributed by atoms with Crippen molar-refractivity contribution in [1.29, 1.82) is 0 Å². The minimum absolute atomic E-state index is 0.204. The lowest BCUT2D eigenvalue weighted by molar-refractivity contribution is 0.0711. The molecule has 1 aromatic heterocycles. The van der Waals surface area contributed by atoms with Gasteiger partial charge in [-0.15, -0.1) is 0 Å². The molecule has 126 valence electrons. The Labute approximate surface area is 140 Å². The van der Waals surface area contributed by atoms with Gasteiger partial charge < -0.3 is 19.5 Å². The van der Waals surface area contributed by atoms with Crippen molar-refractivity contribution in [3.05, 3.63) is 53.7 Å². The molecule has 1 saturated heterocycles. The predicted octanol–water partition coefficient (Wildman–Crippen LogP) is 2.05. The van der Waals surface area contributed by atoms with Crippen LogP contribution in [0, 0.1) is 0 Å². The standard InChI is InChI=1S/C18H20N2O4/c1-23-14-6-3-5-12(9-14)16-10-13(21)11-20(16)18(22)15-7-4-8-19-17(15)24-2/h3-9,13,16,21H,10-11H2,1-2H3. The molecular formula is C18H20N2O4. The van der Waals surface area contributed by atoms with E-state index in [1.54, 1.807) is 30.3 Å². The van der Waals surface area contributed by atoms with E-state index < -0.39 is 6.10 Å². The second kappa shape index (κ2) is 6.88. The second-order valence-electron chi connectivity index (χ2n) is 5.70. The molecule has 1 amide bonds. The van der Waals surface area contributed by atoms with Gasteiger partial charge in [0.2, 0.25) is 5.88 Å². The number of carbonyl (C=O) groups excluding carboxylic acids is 1. The highest BCUT2D eigenvalue weighted by molar-refractivity contribution is 5.96. The lowest BCUT2D eigenvalue weighted by atomic mass is 10.0. The number of nitrogens with zero attached hydrogens (tertiary/aromatic N) is 2. The highest BCUT2D eigenvalue weighted by Crippen LogP contribution is 2.35. The average Bonchev–Trinajstić information content (AvgIpc) is 3.03. The largest absolute Gasteiger partial charge is 0.497 e. The molecule has 2 aromatic rings. The fraction of sp³-hybridized carbons (Fsp3) is 0.333. The summed E-state index contributed by atoms with van der Waals surface area (Å²) in [5.41, 5.74) is 1.32. The van der Waals surface area contributed by atoms with Gasteiger partial charge in [-0.3, -0.25) is 4.79 Å². The molecular weight excluding hydrogens is 308 g/mol. The molecule has 2 atom stereocenters. The summed E-state index contributed by atoms with van der Waals surface area (Å²) in [6.07, 6.45) is 1.50. The third-order valence-corrected chi connectivity index (χ3v) is 4.21. The van der Waals surface area contributed by atoms with E-state index in [-0.39, 0.29) is 24.4 Å². The quantitative estimate of drug-likeness (QED) is 0.930. The summed E-state index contributed by atoms with van der Waals surface area (Å²) >= 11 is 0. The minimum Gasteiger partial charge on any atom is -0.497 e. The first kappa shape index (κ1) is 16.3. The number of aromatic nitrogens is 1. The van der Waals surface area contributed by atoms with Crippen molar-refractivity contribution in [1.82, 2.24) is 9.88 Å². The van der Waals surface area contributed by atoms with Crippen molar-refractivity contribution >= 4 is 5.91 Å². The smallest absolute Gasteiger partial charge is 0.259 e. The molecule has 3 rings (SSSR count). The topological polar surface area (TPSA) is 71.9 Å². The molecule has 1 aromatic carbocycles. The van der Waals surface area contributed by atoms with Gasteiger partial charge in [-0.05, 0) is 36.2 Å². The first-order valence-corrected chi connectivity index (χ1v) is 7.76. The maximum atomic E-state index is 13.0. The Bertz CT molecular complexity index is 734. The molecule has 1 fully saturated rings. The van der Waals surface area contributed by atoms with E-state index in [9.17, 15) is 9.90 Å². The molecule has 6 heteroatoms.